The number of carbonyl (C=O) groups excluding carboxylic acids is 1. The van der Waals surface area contributed by atoms with Crippen molar-refractivity contribution in [2.45, 2.75) is 39.8 Å². The van der Waals surface area contributed by atoms with E-state index in [9.17, 15) is 4.79 Å². The van der Waals surface area contributed by atoms with Gasteiger partial charge in [-0.3, -0.25) is 4.79 Å². The minimum Gasteiger partial charge on any atom is -0.364 e. The lowest BCUT2D eigenvalue weighted by Crippen LogP contribution is -2.76. The average molecular weight is 237 g/mol. The van der Waals surface area contributed by atoms with Gasteiger partial charge in [0.2, 0.25) is 0 Å². The number of aromatic nitrogens is 1. The molecule has 0 aliphatic heterocycles. The van der Waals surface area contributed by atoms with Gasteiger partial charge in [-0.05, 0) is 0 Å². The summed E-state index contributed by atoms with van der Waals surface area (Å²) in [6, 6.07) is 1.65. The van der Waals surface area contributed by atoms with Crippen LogP contribution in [0.1, 0.15) is 38.2 Å². The molecule has 0 saturated heterocycles. The second-order valence-electron chi connectivity index (χ2n) is 5.91. The molecular formula is C12H19N3O2. The average Bonchev–Trinajstić information content (AvgIpc) is 2.77. The molecule has 1 aliphatic rings. The molecule has 5 heteroatoms. The SMILES string of the molecule is CC1(C)C(N)C(C)(C)C1NC(=O)c1ccon1. The molecule has 5 nitrogen and oxygen atoms in total. The van der Waals surface area contributed by atoms with Crippen LogP contribution in [0.15, 0.2) is 16.9 Å². The molecule has 94 valence electrons. The number of nitrogens with one attached hydrogen (secondary N) is 1. The van der Waals surface area contributed by atoms with E-state index in [1.807, 2.05) is 0 Å². The zero-order valence-electron chi connectivity index (χ0n) is 10.7. The summed E-state index contributed by atoms with van der Waals surface area (Å²) in [6.07, 6.45) is 1.39. The van der Waals surface area contributed by atoms with Gasteiger partial charge in [0.25, 0.3) is 5.91 Å². The Morgan fingerprint density at radius 2 is 2.00 bits per heavy atom. The van der Waals surface area contributed by atoms with Crippen molar-refractivity contribution in [2.75, 3.05) is 0 Å². The fraction of sp³-hybridized carbons (Fsp3) is 0.667. The van der Waals surface area contributed by atoms with Gasteiger partial charge < -0.3 is 15.6 Å². The van der Waals surface area contributed by atoms with Crippen LogP contribution in [0.5, 0.6) is 0 Å². The number of carbonyl (C=O) groups is 1. The van der Waals surface area contributed by atoms with Crippen LogP contribution in [-0.4, -0.2) is 23.1 Å². The molecule has 1 aromatic rings. The van der Waals surface area contributed by atoms with Crippen molar-refractivity contribution in [1.29, 1.82) is 0 Å². The van der Waals surface area contributed by atoms with Crippen LogP contribution in [-0.2, 0) is 0 Å². The first kappa shape index (κ1) is 12.1. The summed E-state index contributed by atoms with van der Waals surface area (Å²) >= 11 is 0. The predicted molar refractivity (Wildman–Crippen MR) is 63.3 cm³/mol. The van der Waals surface area contributed by atoms with Crippen LogP contribution in [0.3, 0.4) is 0 Å². The largest absolute Gasteiger partial charge is 0.364 e. The number of hydrogen-bond acceptors (Lipinski definition) is 4. The second kappa shape index (κ2) is 3.57. The van der Waals surface area contributed by atoms with Crippen molar-refractivity contribution in [3.63, 3.8) is 0 Å². The van der Waals surface area contributed by atoms with Crippen LogP contribution >= 0.6 is 0 Å². The van der Waals surface area contributed by atoms with Crippen LogP contribution in [0.4, 0.5) is 0 Å². The minimum atomic E-state index is -0.211. The predicted octanol–water partition coefficient (Wildman–Crippen LogP) is 1.17. The Morgan fingerprint density at radius 1 is 1.41 bits per heavy atom. The topological polar surface area (TPSA) is 81.1 Å². The Kier molecular flexibility index (Phi) is 2.54. The van der Waals surface area contributed by atoms with Crippen LogP contribution < -0.4 is 11.1 Å². The van der Waals surface area contributed by atoms with Crippen LogP contribution in [0, 0.1) is 10.8 Å². The highest BCUT2D eigenvalue weighted by atomic mass is 16.5. The first-order valence-electron chi connectivity index (χ1n) is 5.74. The van der Waals surface area contributed by atoms with Gasteiger partial charge in [-0.15, -0.1) is 0 Å². The van der Waals surface area contributed by atoms with E-state index in [1.54, 1.807) is 6.07 Å². The van der Waals surface area contributed by atoms with Gasteiger partial charge in [-0.25, -0.2) is 0 Å². The van der Waals surface area contributed by atoms with E-state index in [2.05, 4.69) is 42.7 Å². The molecule has 1 aromatic heterocycles. The third kappa shape index (κ3) is 1.65. The quantitative estimate of drug-likeness (QED) is 0.809. The Balaban J connectivity index is 2.12. The molecule has 17 heavy (non-hydrogen) atoms. The number of nitrogens with two attached hydrogens (primary N) is 1. The maximum Gasteiger partial charge on any atom is 0.273 e. The Morgan fingerprint density at radius 3 is 2.47 bits per heavy atom. The summed E-state index contributed by atoms with van der Waals surface area (Å²) in [6.45, 7) is 8.26. The molecule has 1 fully saturated rings. The van der Waals surface area contributed by atoms with Crippen molar-refractivity contribution in [3.05, 3.63) is 18.0 Å². The fourth-order valence-corrected chi connectivity index (χ4v) is 3.09. The van der Waals surface area contributed by atoms with Crippen molar-refractivity contribution in [3.8, 4) is 0 Å². The van der Waals surface area contributed by atoms with E-state index in [4.69, 9.17) is 5.73 Å². The van der Waals surface area contributed by atoms with Gasteiger partial charge in [-0.1, -0.05) is 32.9 Å². The van der Waals surface area contributed by atoms with Crippen molar-refractivity contribution >= 4 is 5.91 Å². The summed E-state index contributed by atoms with van der Waals surface area (Å²) in [7, 11) is 0. The molecule has 0 aromatic carbocycles. The lowest BCUT2D eigenvalue weighted by atomic mass is 9.48. The third-order valence-corrected chi connectivity index (χ3v) is 4.04. The second-order valence-corrected chi connectivity index (χ2v) is 5.91. The number of nitrogens with zero attached hydrogens (tertiary/aromatic N) is 1. The molecule has 0 spiro atoms. The normalized spacial score (nSPS) is 29.5. The lowest BCUT2D eigenvalue weighted by Gasteiger charge is -2.62. The number of hydrogen-bond donors (Lipinski definition) is 2. The van der Waals surface area contributed by atoms with Crippen molar-refractivity contribution in [1.82, 2.24) is 10.5 Å². The zero-order valence-corrected chi connectivity index (χ0v) is 10.7. The Labute approximate surface area is 101 Å². The molecule has 0 radical (unpaired) electrons. The lowest BCUT2D eigenvalue weighted by molar-refractivity contribution is -0.0664. The maximum atomic E-state index is 11.9. The molecule has 1 saturated carbocycles. The number of rotatable bonds is 2. The van der Waals surface area contributed by atoms with Gasteiger partial charge in [0.15, 0.2) is 5.69 Å². The van der Waals surface area contributed by atoms with E-state index in [1.165, 1.54) is 6.26 Å². The van der Waals surface area contributed by atoms with Gasteiger partial charge in [0.05, 0.1) is 0 Å². The van der Waals surface area contributed by atoms with E-state index in [-0.39, 0.29) is 28.8 Å². The molecule has 2 rings (SSSR count). The highest BCUT2D eigenvalue weighted by Gasteiger charge is 2.60. The fourth-order valence-electron chi connectivity index (χ4n) is 3.09. The summed E-state index contributed by atoms with van der Waals surface area (Å²) in [5.41, 5.74) is 6.22. The highest BCUT2D eigenvalue weighted by Crippen LogP contribution is 2.52. The van der Waals surface area contributed by atoms with Gasteiger partial charge in [-0.2, -0.15) is 0 Å². The van der Waals surface area contributed by atoms with Crippen LogP contribution in [0.25, 0.3) is 0 Å². The summed E-state index contributed by atoms with van der Waals surface area (Å²) in [4.78, 5) is 11.9. The first-order valence-corrected chi connectivity index (χ1v) is 5.74. The first-order chi connectivity index (χ1) is 7.78. The standard InChI is InChI=1S/C12H19N3O2/c1-11(2)9(13)12(3,4)10(11)14-8(16)7-5-6-17-15-7/h5-6,9-10H,13H2,1-4H3,(H,14,16). The van der Waals surface area contributed by atoms with Gasteiger partial charge in [0, 0.05) is 29.0 Å². The third-order valence-electron chi connectivity index (χ3n) is 4.04. The summed E-state index contributed by atoms with van der Waals surface area (Å²) < 4.78 is 4.66. The molecular weight excluding hydrogens is 218 g/mol. The monoisotopic (exact) mass is 237 g/mol. The number of amides is 1. The minimum absolute atomic E-state index is 0.0363. The van der Waals surface area contributed by atoms with Gasteiger partial charge >= 0.3 is 0 Å². The Bertz CT molecular complexity index is 407. The van der Waals surface area contributed by atoms with Crippen molar-refractivity contribution in [2.24, 2.45) is 16.6 Å². The maximum absolute atomic E-state index is 11.9. The Hall–Kier alpha value is -1.36. The van der Waals surface area contributed by atoms with E-state index >= 15 is 0 Å². The molecule has 0 bridgehead atoms. The van der Waals surface area contributed by atoms with Gasteiger partial charge in [0.1, 0.15) is 6.26 Å². The van der Waals surface area contributed by atoms with Crippen molar-refractivity contribution < 1.29 is 9.32 Å². The molecule has 0 atom stereocenters. The van der Waals surface area contributed by atoms with E-state index in [0.29, 0.717) is 5.69 Å². The molecule has 3 N–H and O–H groups in total. The smallest absolute Gasteiger partial charge is 0.273 e. The van der Waals surface area contributed by atoms with Crippen LogP contribution in [0.2, 0.25) is 0 Å². The van der Waals surface area contributed by atoms with E-state index in [0.717, 1.165) is 0 Å². The summed E-state index contributed by atoms with van der Waals surface area (Å²) in [5.74, 6) is -0.211. The molecule has 1 heterocycles. The molecule has 0 unspecified atom stereocenters. The molecule has 1 amide bonds. The molecule has 1 aliphatic carbocycles. The summed E-state index contributed by atoms with van der Waals surface area (Å²) in [5, 5.41) is 6.61. The highest BCUT2D eigenvalue weighted by molar-refractivity contribution is 5.92. The zero-order chi connectivity index (χ0) is 12.8. The van der Waals surface area contributed by atoms with E-state index < -0.39 is 0 Å².